The van der Waals surface area contributed by atoms with Gasteiger partial charge in [-0.15, -0.1) is 0 Å². The largest absolute Gasteiger partial charge is 0.463 e. The van der Waals surface area contributed by atoms with Crippen LogP contribution in [0.15, 0.2) is 16.6 Å². The average Bonchev–Trinajstić information content (AvgIpc) is 3.51. The van der Waals surface area contributed by atoms with Gasteiger partial charge in [0.05, 0.1) is 35.4 Å². The van der Waals surface area contributed by atoms with Crippen LogP contribution in [0.2, 0.25) is 0 Å². The van der Waals surface area contributed by atoms with Gasteiger partial charge in [0.2, 0.25) is 0 Å². The van der Waals surface area contributed by atoms with Gasteiger partial charge in [-0.2, -0.15) is 9.97 Å². The minimum Gasteiger partial charge on any atom is -0.463 e. The molecule has 4 atom stereocenters. The molecule has 1 saturated carbocycles. The minimum absolute atomic E-state index is 0.0110. The molecule has 0 spiro atoms. The SMILES string of the molecule is CC(C)(C)OC(=O)N1C2CCC1CN(c1nc(OCC3(CN4CC5CCC(C4)O5)CC3)nc3c(F)c(Br)ccc13)C2. The Kier molecular flexibility index (Phi) is 6.86. The highest BCUT2D eigenvalue weighted by molar-refractivity contribution is 9.10. The second-order valence-corrected chi connectivity index (χ2v) is 14.6. The van der Waals surface area contributed by atoms with Crippen molar-refractivity contribution in [3.05, 3.63) is 22.4 Å². The molecule has 9 nitrogen and oxygen atoms in total. The Bertz CT molecular complexity index is 1320. The number of amides is 1. The molecule has 0 radical (unpaired) electrons. The summed E-state index contributed by atoms with van der Waals surface area (Å²) < 4.78 is 33.8. The number of hydrogen-bond acceptors (Lipinski definition) is 8. The Morgan fingerprint density at radius 1 is 1.07 bits per heavy atom. The lowest BCUT2D eigenvalue weighted by Crippen LogP contribution is -2.57. The first kappa shape index (κ1) is 27.6. The predicted octanol–water partition coefficient (Wildman–Crippen LogP) is 5.14. The number of rotatable bonds is 6. The van der Waals surface area contributed by atoms with Gasteiger partial charge in [0, 0.05) is 43.5 Å². The normalized spacial score (nSPS) is 28.8. The van der Waals surface area contributed by atoms with Gasteiger partial charge < -0.3 is 19.1 Å². The molecule has 4 aliphatic heterocycles. The first-order chi connectivity index (χ1) is 19.6. The van der Waals surface area contributed by atoms with Gasteiger partial charge in [-0.25, -0.2) is 9.18 Å². The third-order valence-electron chi connectivity index (χ3n) is 9.25. The van der Waals surface area contributed by atoms with Crippen LogP contribution in [0.3, 0.4) is 0 Å². The number of piperazine rings is 1. The topological polar surface area (TPSA) is 80.3 Å². The Hall–Kier alpha value is -2.24. The summed E-state index contributed by atoms with van der Waals surface area (Å²) in [5, 5.41) is 0.646. The molecule has 4 bridgehead atoms. The van der Waals surface area contributed by atoms with E-state index in [2.05, 4.69) is 30.7 Å². The predicted molar refractivity (Wildman–Crippen MR) is 156 cm³/mol. The fourth-order valence-corrected chi connectivity index (χ4v) is 7.46. The summed E-state index contributed by atoms with van der Waals surface area (Å²) in [5.41, 5.74) is -0.215. The molecule has 222 valence electrons. The van der Waals surface area contributed by atoms with Crippen LogP contribution in [0.1, 0.15) is 59.3 Å². The highest BCUT2D eigenvalue weighted by atomic mass is 79.9. The number of benzene rings is 1. The van der Waals surface area contributed by atoms with Crippen molar-refractivity contribution in [2.24, 2.45) is 5.41 Å². The molecular formula is C30H39BrFN5O4. The van der Waals surface area contributed by atoms with E-state index in [9.17, 15) is 4.79 Å². The molecule has 41 heavy (non-hydrogen) atoms. The van der Waals surface area contributed by atoms with E-state index in [0.29, 0.717) is 47.6 Å². The molecule has 1 aliphatic carbocycles. The van der Waals surface area contributed by atoms with Crippen LogP contribution in [0.4, 0.5) is 15.0 Å². The van der Waals surface area contributed by atoms with Crippen LogP contribution >= 0.6 is 15.9 Å². The number of anilines is 1. The van der Waals surface area contributed by atoms with Gasteiger partial charge >= 0.3 is 12.1 Å². The lowest BCUT2D eigenvalue weighted by molar-refractivity contribution is -0.0460. The quantitative estimate of drug-likeness (QED) is 0.434. The maximum Gasteiger partial charge on any atom is 0.410 e. The van der Waals surface area contributed by atoms with Crippen molar-refractivity contribution in [2.45, 2.75) is 89.2 Å². The molecule has 2 aromatic rings. The van der Waals surface area contributed by atoms with Crippen molar-refractivity contribution in [1.82, 2.24) is 19.8 Å². The van der Waals surface area contributed by atoms with E-state index < -0.39 is 11.4 Å². The van der Waals surface area contributed by atoms with Crippen LogP contribution in [-0.2, 0) is 9.47 Å². The smallest absolute Gasteiger partial charge is 0.410 e. The Balaban J connectivity index is 1.11. The monoisotopic (exact) mass is 631 g/mol. The number of likely N-dealkylation sites (tertiary alicyclic amines) is 1. The fraction of sp³-hybridized carbons (Fsp3) is 0.700. The van der Waals surface area contributed by atoms with Gasteiger partial charge in [-0.1, -0.05) is 0 Å². The second-order valence-electron chi connectivity index (χ2n) is 13.7. The zero-order valence-electron chi connectivity index (χ0n) is 24.1. The van der Waals surface area contributed by atoms with Crippen molar-refractivity contribution >= 4 is 38.7 Å². The van der Waals surface area contributed by atoms with Crippen molar-refractivity contribution in [1.29, 1.82) is 0 Å². The number of aromatic nitrogens is 2. The lowest BCUT2D eigenvalue weighted by atomic mass is 10.1. The molecule has 1 amide bonds. The number of hydrogen-bond donors (Lipinski definition) is 0. The Morgan fingerprint density at radius 3 is 2.39 bits per heavy atom. The fourth-order valence-electron chi connectivity index (χ4n) is 7.14. The van der Waals surface area contributed by atoms with E-state index >= 15 is 4.39 Å². The summed E-state index contributed by atoms with van der Waals surface area (Å²) in [5.74, 6) is 0.239. The summed E-state index contributed by atoms with van der Waals surface area (Å²) in [4.78, 5) is 29.0. The van der Waals surface area contributed by atoms with Crippen LogP contribution in [0.25, 0.3) is 10.9 Å². The van der Waals surface area contributed by atoms with E-state index in [1.807, 2.05) is 31.7 Å². The Morgan fingerprint density at radius 2 is 1.76 bits per heavy atom. The number of fused-ring (bicyclic) bond motifs is 5. The van der Waals surface area contributed by atoms with Crippen molar-refractivity contribution in [3.8, 4) is 6.01 Å². The standard InChI is InChI=1S/C30H39BrFN5O4/c1-29(2,3)41-28(38)37-18-4-5-19(37)13-36(12-18)26-22-8-9-23(31)24(32)25(22)33-27(34-26)39-17-30(10-11-30)16-35-14-20-6-7-21(15-35)40-20/h8-9,18-21H,4-7,10-17H2,1-3H3. The number of nitrogens with zero attached hydrogens (tertiary/aromatic N) is 5. The van der Waals surface area contributed by atoms with E-state index in [0.717, 1.165) is 58.2 Å². The lowest BCUT2D eigenvalue weighted by Gasteiger charge is -2.42. The van der Waals surface area contributed by atoms with Gasteiger partial charge in [-0.05, 0) is 87.4 Å². The third-order valence-corrected chi connectivity index (χ3v) is 9.86. The maximum atomic E-state index is 15.4. The highest BCUT2D eigenvalue weighted by Crippen LogP contribution is 2.47. The molecule has 4 unspecified atom stereocenters. The van der Waals surface area contributed by atoms with Gasteiger partial charge in [-0.3, -0.25) is 9.80 Å². The van der Waals surface area contributed by atoms with Crippen LogP contribution in [-0.4, -0.2) is 95.1 Å². The van der Waals surface area contributed by atoms with Crippen LogP contribution in [0.5, 0.6) is 6.01 Å². The summed E-state index contributed by atoms with van der Waals surface area (Å²) >= 11 is 3.33. The van der Waals surface area contributed by atoms with Crippen LogP contribution in [0, 0.1) is 11.2 Å². The summed E-state index contributed by atoms with van der Waals surface area (Å²) in [7, 11) is 0. The maximum absolute atomic E-state index is 15.4. The first-order valence-electron chi connectivity index (χ1n) is 15.0. The number of carbonyl (C=O) groups is 1. The van der Waals surface area contributed by atoms with E-state index in [-0.39, 0.29) is 35.1 Å². The molecule has 5 fully saturated rings. The number of halogens is 2. The molecule has 7 rings (SSSR count). The summed E-state index contributed by atoms with van der Waals surface area (Å²) in [6.45, 7) is 10.3. The first-order valence-corrected chi connectivity index (χ1v) is 15.8. The molecule has 0 N–H and O–H groups in total. The van der Waals surface area contributed by atoms with Crippen molar-refractivity contribution in [2.75, 3.05) is 44.2 Å². The zero-order chi connectivity index (χ0) is 28.5. The highest BCUT2D eigenvalue weighted by Gasteiger charge is 2.48. The molecule has 5 aliphatic rings. The van der Waals surface area contributed by atoms with E-state index in [1.165, 1.54) is 0 Å². The molecule has 5 heterocycles. The van der Waals surface area contributed by atoms with Crippen molar-refractivity contribution in [3.63, 3.8) is 0 Å². The Labute approximate surface area is 248 Å². The second kappa shape index (κ2) is 10.2. The van der Waals surface area contributed by atoms with Crippen LogP contribution < -0.4 is 9.64 Å². The van der Waals surface area contributed by atoms with Gasteiger partial charge in [0.25, 0.3) is 0 Å². The minimum atomic E-state index is -0.548. The molecular weight excluding hydrogens is 593 g/mol. The molecule has 11 heteroatoms. The third kappa shape index (κ3) is 5.49. The summed E-state index contributed by atoms with van der Waals surface area (Å²) in [6, 6.07) is 3.79. The van der Waals surface area contributed by atoms with Gasteiger partial charge in [0.1, 0.15) is 16.9 Å². The summed E-state index contributed by atoms with van der Waals surface area (Å²) in [6.07, 6.45) is 6.80. The molecule has 1 aromatic carbocycles. The molecule has 1 aromatic heterocycles. The number of carbonyl (C=O) groups excluding carboxylic acids is 1. The van der Waals surface area contributed by atoms with Gasteiger partial charge in [0.15, 0.2) is 5.82 Å². The number of ether oxygens (including phenoxy) is 3. The zero-order valence-corrected chi connectivity index (χ0v) is 25.7. The number of morpholine rings is 1. The van der Waals surface area contributed by atoms with E-state index in [4.69, 9.17) is 19.2 Å². The van der Waals surface area contributed by atoms with Crippen molar-refractivity contribution < 1.29 is 23.4 Å². The average molecular weight is 633 g/mol. The van der Waals surface area contributed by atoms with E-state index in [1.54, 1.807) is 6.07 Å². The molecule has 4 saturated heterocycles.